The first kappa shape index (κ1) is 36.6. The molecule has 2 saturated heterocycles. The molecule has 2 heterocycles. The van der Waals surface area contributed by atoms with Crippen molar-refractivity contribution >= 4 is 40.7 Å². The minimum absolute atomic E-state index is 0.0442. The highest BCUT2D eigenvalue weighted by Gasteiger charge is 2.53. The topological polar surface area (TPSA) is 97.3 Å². The Balaban J connectivity index is 1.76. The Morgan fingerprint density at radius 2 is 1.31 bits per heavy atom. The molecule has 0 aliphatic carbocycles. The van der Waals surface area contributed by atoms with Crippen LogP contribution in [0.5, 0.6) is 0 Å². The molecule has 0 saturated carbocycles. The Hall–Kier alpha value is -1.28. The van der Waals surface area contributed by atoms with Crippen LogP contribution < -0.4 is 15.1 Å². The molecule has 4 atom stereocenters. The molecule has 2 N–H and O–H groups in total. The van der Waals surface area contributed by atoms with Gasteiger partial charge in [0.15, 0.2) is 0 Å². The molecule has 2 aromatic carbocycles. The second-order valence-corrected chi connectivity index (χ2v) is 23.3. The van der Waals surface area contributed by atoms with E-state index in [1.807, 2.05) is 51.1 Å². The first-order valence-corrected chi connectivity index (χ1v) is 20.2. The molecule has 2 aromatic rings. The average Bonchev–Trinajstić information content (AvgIpc) is 2.93. The van der Waals surface area contributed by atoms with Crippen LogP contribution in [0.3, 0.4) is 0 Å². The molecule has 2 aliphatic heterocycles. The van der Waals surface area contributed by atoms with E-state index in [-0.39, 0.29) is 42.1 Å². The van der Waals surface area contributed by atoms with Crippen molar-refractivity contribution in [3.05, 3.63) is 60.7 Å². The molecule has 2 fully saturated rings. The third-order valence-electron chi connectivity index (χ3n) is 8.99. The molecular weight excluding hydrogens is 625 g/mol. The fourth-order valence-electron chi connectivity index (χ4n) is 6.07. The summed E-state index contributed by atoms with van der Waals surface area (Å²) >= 11 is 0. The molecule has 2 aliphatic rings. The van der Waals surface area contributed by atoms with Crippen LogP contribution in [0.4, 0.5) is 0 Å². The van der Waals surface area contributed by atoms with Crippen LogP contribution in [-0.2, 0) is 35.9 Å². The van der Waals surface area contributed by atoms with E-state index in [2.05, 4.69) is 74.0 Å². The Bertz CT molecular complexity index is 1240. The van der Waals surface area contributed by atoms with Gasteiger partial charge >= 0.3 is 0 Å². The lowest BCUT2D eigenvalue weighted by Crippen LogP contribution is -2.69. The zero-order valence-corrected chi connectivity index (χ0v) is 30.9. The lowest BCUT2D eigenvalue weighted by Gasteiger charge is -2.50. The fraction of sp³-hybridized carbons (Fsp3) is 0.647. The van der Waals surface area contributed by atoms with E-state index < -0.39 is 39.8 Å². The third kappa shape index (κ3) is 8.06. The predicted octanol–water partition coefficient (Wildman–Crippen LogP) is 3.38. The van der Waals surface area contributed by atoms with Crippen molar-refractivity contribution in [2.75, 3.05) is 46.2 Å². The summed E-state index contributed by atoms with van der Waals surface area (Å²) in [6.45, 7) is 18.9. The molecule has 0 spiro atoms. The van der Waals surface area contributed by atoms with E-state index in [0.29, 0.717) is 33.0 Å². The highest BCUT2D eigenvalue weighted by atomic mass is 32.2. The summed E-state index contributed by atoms with van der Waals surface area (Å²) in [6.07, 6.45) is 0. The van der Waals surface area contributed by atoms with Gasteiger partial charge in [-0.3, -0.25) is 0 Å². The van der Waals surface area contributed by atoms with Gasteiger partial charge in [0.25, 0.3) is 8.32 Å². The quantitative estimate of drug-likeness (QED) is 0.281. The number of ether oxygens (including phenoxy) is 2. The van der Waals surface area contributed by atoms with Gasteiger partial charge in [-0.1, -0.05) is 81.4 Å². The maximum atomic E-state index is 14.9. The molecule has 0 radical (unpaired) electrons. The molecule has 0 aromatic heterocycles. The summed E-state index contributed by atoms with van der Waals surface area (Å²) in [7, 11) is -5.80. The van der Waals surface area contributed by atoms with Crippen LogP contribution >= 0.6 is 0 Å². The maximum absolute atomic E-state index is 14.9. The van der Waals surface area contributed by atoms with E-state index in [4.69, 9.17) is 13.9 Å². The van der Waals surface area contributed by atoms with Crippen LogP contribution in [0.1, 0.15) is 55.4 Å². The van der Waals surface area contributed by atoms with Gasteiger partial charge in [-0.05, 0) is 50.0 Å². The van der Waals surface area contributed by atoms with E-state index in [1.54, 1.807) is 0 Å². The largest absolute Gasteiger partial charge is 0.406 e. The molecule has 11 heteroatoms. The normalized spacial score (nSPS) is 19.9. The number of aliphatic hydroxyl groups is 1. The number of aliphatic hydroxyl groups excluding tert-OH is 1. The fourth-order valence-corrected chi connectivity index (χ4v) is 13.4. The minimum atomic E-state index is -2.90. The summed E-state index contributed by atoms with van der Waals surface area (Å²) < 4.78 is 50.4. The molecule has 0 bridgehead atoms. The number of hydrogen-bond donors (Lipinski definition) is 2. The van der Waals surface area contributed by atoms with Gasteiger partial charge < -0.3 is 19.0 Å². The predicted molar refractivity (Wildman–Crippen MR) is 187 cm³/mol. The van der Waals surface area contributed by atoms with Gasteiger partial charge in [-0.2, -0.15) is 0 Å². The summed E-state index contributed by atoms with van der Waals surface area (Å²) in [6, 6.07) is 20.4. The lowest BCUT2D eigenvalue weighted by atomic mass is 9.93. The van der Waals surface area contributed by atoms with Crippen LogP contribution in [-0.4, -0.2) is 93.9 Å². The molecule has 8 nitrogen and oxygen atoms in total. The Morgan fingerprint density at radius 3 is 1.69 bits per heavy atom. The molecule has 4 rings (SSSR count). The monoisotopic (exact) mass is 678 g/mol. The van der Waals surface area contributed by atoms with E-state index in [1.165, 1.54) is 10.4 Å². The zero-order chi connectivity index (χ0) is 33.0. The van der Waals surface area contributed by atoms with Gasteiger partial charge in [0.1, 0.15) is 11.0 Å². The number of nitrogens with one attached hydrogen (secondary N) is 1. The summed E-state index contributed by atoms with van der Waals surface area (Å²) in [5, 5.41) is 13.0. The van der Waals surface area contributed by atoms with Crippen LogP contribution in [0, 0.1) is 11.8 Å². The van der Waals surface area contributed by atoms with Crippen LogP contribution in [0.2, 0.25) is 5.04 Å². The first-order valence-electron chi connectivity index (χ1n) is 16.0. The molecule has 2 unspecified atom stereocenters. The third-order valence-corrected chi connectivity index (χ3v) is 17.5. The van der Waals surface area contributed by atoms with Crippen molar-refractivity contribution in [1.29, 1.82) is 0 Å². The van der Waals surface area contributed by atoms with Crippen molar-refractivity contribution in [3.8, 4) is 0 Å². The standard InChI is InChI=1S/C34H54N2O6S2Si/c1-32(2,3)43(38)35-25-34(7,8)44(39)36(30(19-37)26-20-40-21-26)31(27-22-41-23-27)24-42-45(33(4,5)6,28-15-11-9-12-16-28)29-17-13-10-14-18-29/h9-18,26-27,30-31,35,37H,19-25H2,1-8H3/t30?,31?,43-,44-/m0/s1. The lowest BCUT2D eigenvalue weighted by molar-refractivity contribution is -0.107. The summed E-state index contributed by atoms with van der Waals surface area (Å²) in [5.74, 6) is 0.123. The van der Waals surface area contributed by atoms with E-state index in [9.17, 15) is 13.5 Å². The van der Waals surface area contributed by atoms with Crippen molar-refractivity contribution in [2.24, 2.45) is 11.8 Å². The zero-order valence-electron chi connectivity index (χ0n) is 28.3. The smallest absolute Gasteiger partial charge is 0.261 e. The average molecular weight is 679 g/mol. The SMILES string of the molecule is CC(C)(C)[S@](=O)NCC(C)(C)[S@](=O)N(C(CO)C1COC1)C(CO[Si](c1ccccc1)(c1ccccc1)C(C)(C)C)C1COC1. The molecular formula is C34H54N2O6S2Si. The van der Waals surface area contributed by atoms with Gasteiger partial charge in [0, 0.05) is 18.4 Å². The van der Waals surface area contributed by atoms with Crippen molar-refractivity contribution in [3.63, 3.8) is 0 Å². The number of rotatable bonds is 15. The van der Waals surface area contributed by atoms with Crippen LogP contribution in [0.15, 0.2) is 60.7 Å². The minimum Gasteiger partial charge on any atom is -0.406 e. The number of nitrogens with zero attached hydrogens (tertiary/aromatic N) is 1. The molecule has 45 heavy (non-hydrogen) atoms. The summed E-state index contributed by atoms with van der Waals surface area (Å²) in [5.41, 5.74) is 0. The highest BCUT2D eigenvalue weighted by Crippen LogP contribution is 2.39. The molecule has 0 amide bonds. The van der Waals surface area contributed by atoms with Gasteiger partial charge in [-0.25, -0.2) is 17.4 Å². The second kappa shape index (κ2) is 14.9. The number of benzene rings is 2. The maximum Gasteiger partial charge on any atom is 0.261 e. The van der Waals surface area contributed by atoms with Crippen molar-refractivity contribution in [2.45, 2.75) is 82.0 Å². The number of hydrogen-bond acceptors (Lipinski definition) is 6. The Kier molecular flexibility index (Phi) is 12.1. The van der Waals surface area contributed by atoms with Gasteiger partial charge in [0.2, 0.25) is 0 Å². The van der Waals surface area contributed by atoms with Crippen molar-refractivity contribution < 1.29 is 27.4 Å². The second-order valence-electron chi connectivity index (χ2n) is 15.0. The first-order chi connectivity index (χ1) is 21.1. The Labute approximate surface area is 276 Å². The van der Waals surface area contributed by atoms with Crippen LogP contribution in [0.25, 0.3) is 0 Å². The van der Waals surface area contributed by atoms with E-state index >= 15 is 0 Å². The highest BCUT2D eigenvalue weighted by molar-refractivity contribution is 7.85. The molecule has 252 valence electrons. The van der Waals surface area contributed by atoms with Gasteiger partial charge in [0.05, 0.1) is 72.2 Å². The van der Waals surface area contributed by atoms with E-state index in [0.717, 1.165) is 0 Å². The Morgan fingerprint density at radius 1 is 0.844 bits per heavy atom. The summed E-state index contributed by atoms with van der Waals surface area (Å²) in [4.78, 5) is 0. The van der Waals surface area contributed by atoms with Gasteiger partial charge in [-0.15, -0.1) is 0 Å². The van der Waals surface area contributed by atoms with Crippen molar-refractivity contribution in [1.82, 2.24) is 9.03 Å².